The SMILES string of the molecule is FC(=C(OCC(F)(F)C(F)F)C(F)(F)C(F)(F)C(F)(F)C(F)(F)F)C(F)(F)C(F)(F)F. The van der Waals surface area contributed by atoms with Gasteiger partial charge in [0.05, 0.1) is 0 Å². The Kier molecular flexibility index (Phi) is 7.50. The molecule has 0 aliphatic rings. The smallest absolute Gasteiger partial charge is 0.460 e. The van der Waals surface area contributed by atoms with Crippen molar-refractivity contribution in [2.75, 3.05) is 6.61 Å². The van der Waals surface area contributed by atoms with Crippen molar-refractivity contribution in [2.24, 2.45) is 0 Å². The van der Waals surface area contributed by atoms with E-state index < -0.39 is 66.6 Å². The molecule has 0 N–H and O–H groups in total. The monoisotopic (exact) mass is 512 g/mol. The van der Waals surface area contributed by atoms with E-state index in [1.54, 1.807) is 0 Å². The number of halogens is 19. The van der Waals surface area contributed by atoms with Crippen LogP contribution in [0.5, 0.6) is 0 Å². The Labute approximate surface area is 156 Å². The lowest BCUT2D eigenvalue weighted by atomic mass is 10.00. The van der Waals surface area contributed by atoms with E-state index in [9.17, 15) is 83.4 Å². The minimum absolute atomic E-state index is 2.43. The van der Waals surface area contributed by atoms with E-state index in [-0.39, 0.29) is 0 Å². The molecule has 0 aromatic carbocycles. The Hall–Kier alpha value is -1.79. The highest BCUT2D eigenvalue weighted by Gasteiger charge is 2.84. The van der Waals surface area contributed by atoms with Crippen LogP contribution in [0.25, 0.3) is 0 Å². The second-order valence-electron chi connectivity index (χ2n) is 5.29. The first kappa shape index (κ1) is 29.2. The highest BCUT2D eigenvalue weighted by molar-refractivity contribution is 5.24. The Bertz CT molecular complexity index is 665. The highest BCUT2D eigenvalue weighted by Crippen LogP contribution is 2.57. The summed E-state index contributed by atoms with van der Waals surface area (Å²) in [6, 6.07) is 0. The van der Waals surface area contributed by atoms with Crippen LogP contribution in [0.1, 0.15) is 0 Å². The molecule has 0 rings (SSSR count). The van der Waals surface area contributed by atoms with Crippen LogP contribution in [0.3, 0.4) is 0 Å². The third-order valence-corrected chi connectivity index (χ3v) is 2.99. The van der Waals surface area contributed by atoms with Gasteiger partial charge in [-0.3, -0.25) is 0 Å². The number of alkyl halides is 18. The standard InChI is InChI=1S/C11H3F19O/c12-2(6(17,18)10(25,26)27)3(31-1-5(15,16)4(13)14)7(19,20)8(21,22)9(23,24)11(28,29)30/h4H,1H2. The van der Waals surface area contributed by atoms with Crippen molar-refractivity contribution in [1.29, 1.82) is 0 Å². The van der Waals surface area contributed by atoms with Gasteiger partial charge in [-0.05, 0) is 0 Å². The first-order valence-corrected chi connectivity index (χ1v) is 6.53. The second kappa shape index (κ2) is 7.96. The molecule has 0 saturated heterocycles. The van der Waals surface area contributed by atoms with Crippen LogP contribution in [0, 0.1) is 0 Å². The molecule has 0 atom stereocenters. The van der Waals surface area contributed by atoms with E-state index in [1.165, 1.54) is 0 Å². The predicted molar refractivity (Wildman–Crippen MR) is 56.9 cm³/mol. The van der Waals surface area contributed by atoms with Gasteiger partial charge in [0.25, 0.3) is 0 Å². The maximum absolute atomic E-state index is 13.6. The summed E-state index contributed by atoms with van der Waals surface area (Å²) in [5, 5.41) is 0. The average molecular weight is 512 g/mol. The Balaban J connectivity index is 6.94. The summed E-state index contributed by atoms with van der Waals surface area (Å²) in [6.07, 6.45) is -20.2. The lowest BCUT2D eigenvalue weighted by Gasteiger charge is -2.35. The van der Waals surface area contributed by atoms with Crippen molar-refractivity contribution in [3.63, 3.8) is 0 Å². The van der Waals surface area contributed by atoms with Crippen LogP contribution in [0.15, 0.2) is 11.6 Å². The van der Waals surface area contributed by atoms with Gasteiger partial charge in [0.2, 0.25) is 11.6 Å². The molecule has 0 aliphatic carbocycles. The topological polar surface area (TPSA) is 9.23 Å². The largest absolute Gasteiger partial charge is 0.482 e. The van der Waals surface area contributed by atoms with Crippen LogP contribution >= 0.6 is 0 Å². The predicted octanol–water partition coefficient (Wildman–Crippen LogP) is 6.75. The summed E-state index contributed by atoms with van der Waals surface area (Å²) < 4.78 is 241. The fourth-order valence-electron chi connectivity index (χ4n) is 1.31. The summed E-state index contributed by atoms with van der Waals surface area (Å²) >= 11 is 0. The molecule has 20 heteroatoms. The number of allylic oxidation sites excluding steroid dienone is 2. The summed E-state index contributed by atoms with van der Waals surface area (Å²) in [6.45, 7) is -3.62. The molecule has 0 saturated carbocycles. The van der Waals surface area contributed by atoms with Crippen LogP contribution in [0.4, 0.5) is 83.4 Å². The van der Waals surface area contributed by atoms with E-state index in [4.69, 9.17) is 0 Å². The summed E-state index contributed by atoms with van der Waals surface area (Å²) in [5.74, 6) is -47.3. The molecule has 0 heterocycles. The van der Waals surface area contributed by atoms with E-state index in [0.29, 0.717) is 0 Å². The molecule has 0 aliphatic heterocycles. The first-order valence-electron chi connectivity index (χ1n) is 6.53. The maximum Gasteiger partial charge on any atom is 0.460 e. The summed E-state index contributed by atoms with van der Waals surface area (Å²) in [5.41, 5.74) is 0. The van der Waals surface area contributed by atoms with Gasteiger partial charge in [0, 0.05) is 0 Å². The Morgan fingerprint density at radius 1 is 0.581 bits per heavy atom. The fourth-order valence-corrected chi connectivity index (χ4v) is 1.31. The van der Waals surface area contributed by atoms with Gasteiger partial charge < -0.3 is 4.74 Å². The molecule has 0 amide bonds. The first-order chi connectivity index (χ1) is 13.2. The van der Waals surface area contributed by atoms with Gasteiger partial charge in [-0.2, -0.15) is 70.2 Å². The van der Waals surface area contributed by atoms with E-state index in [2.05, 4.69) is 4.74 Å². The molecule has 0 aromatic heterocycles. The molecule has 0 radical (unpaired) electrons. The van der Waals surface area contributed by atoms with E-state index in [0.717, 1.165) is 0 Å². The van der Waals surface area contributed by atoms with Gasteiger partial charge in [0.1, 0.15) is 0 Å². The zero-order valence-corrected chi connectivity index (χ0v) is 13.4. The van der Waals surface area contributed by atoms with Crippen LogP contribution in [-0.2, 0) is 4.74 Å². The van der Waals surface area contributed by atoms with Gasteiger partial charge in [0.15, 0.2) is 6.61 Å². The van der Waals surface area contributed by atoms with Crippen LogP contribution < -0.4 is 0 Å². The van der Waals surface area contributed by atoms with Crippen molar-refractivity contribution in [3.05, 3.63) is 11.6 Å². The number of rotatable bonds is 8. The third kappa shape index (κ3) is 5.01. The summed E-state index contributed by atoms with van der Waals surface area (Å²) in [4.78, 5) is 0. The molecule has 186 valence electrons. The molecule has 0 spiro atoms. The molecular formula is C11H3F19O. The number of ether oxygens (including phenoxy) is 1. The maximum atomic E-state index is 13.6. The van der Waals surface area contributed by atoms with Crippen molar-refractivity contribution in [2.45, 2.75) is 48.4 Å². The Morgan fingerprint density at radius 3 is 1.26 bits per heavy atom. The minimum Gasteiger partial charge on any atom is -0.482 e. The Morgan fingerprint density at radius 2 is 0.968 bits per heavy atom. The third-order valence-electron chi connectivity index (χ3n) is 2.99. The molecular weight excluding hydrogens is 509 g/mol. The van der Waals surface area contributed by atoms with Crippen LogP contribution in [-0.4, -0.2) is 55.0 Å². The van der Waals surface area contributed by atoms with Crippen molar-refractivity contribution in [1.82, 2.24) is 0 Å². The van der Waals surface area contributed by atoms with Gasteiger partial charge in [-0.25, -0.2) is 13.2 Å². The lowest BCUT2D eigenvalue weighted by molar-refractivity contribution is -0.394. The number of hydrogen-bond acceptors (Lipinski definition) is 1. The second-order valence-corrected chi connectivity index (χ2v) is 5.29. The quantitative estimate of drug-likeness (QED) is 0.259. The number of hydrogen-bond donors (Lipinski definition) is 0. The molecule has 0 aromatic rings. The zero-order valence-electron chi connectivity index (χ0n) is 13.4. The van der Waals surface area contributed by atoms with Crippen molar-refractivity contribution in [3.8, 4) is 0 Å². The lowest BCUT2D eigenvalue weighted by Crippen LogP contribution is -2.62. The molecule has 1 nitrogen and oxygen atoms in total. The summed E-state index contributed by atoms with van der Waals surface area (Å²) in [7, 11) is 0. The van der Waals surface area contributed by atoms with E-state index in [1.807, 2.05) is 0 Å². The average Bonchev–Trinajstić information content (AvgIpc) is 2.51. The highest BCUT2D eigenvalue weighted by atomic mass is 19.4. The molecule has 31 heavy (non-hydrogen) atoms. The molecule has 0 bridgehead atoms. The molecule has 0 fully saturated rings. The van der Waals surface area contributed by atoms with Crippen molar-refractivity contribution >= 4 is 0 Å². The van der Waals surface area contributed by atoms with Gasteiger partial charge in [-0.1, -0.05) is 0 Å². The zero-order chi connectivity index (χ0) is 25.6. The molecule has 0 unspecified atom stereocenters. The normalized spacial score (nSPS) is 16.5. The van der Waals surface area contributed by atoms with Gasteiger partial charge in [-0.15, -0.1) is 0 Å². The van der Waals surface area contributed by atoms with Crippen molar-refractivity contribution < 1.29 is 88.2 Å². The minimum atomic E-state index is -8.16. The van der Waals surface area contributed by atoms with E-state index >= 15 is 0 Å². The fraction of sp³-hybridized carbons (Fsp3) is 0.818. The van der Waals surface area contributed by atoms with Crippen LogP contribution in [0.2, 0.25) is 0 Å². The van der Waals surface area contributed by atoms with Gasteiger partial charge >= 0.3 is 48.4 Å².